The van der Waals surface area contributed by atoms with Gasteiger partial charge in [0.1, 0.15) is 0 Å². The highest BCUT2D eigenvalue weighted by Crippen LogP contribution is 2.10. The lowest BCUT2D eigenvalue weighted by atomic mass is 10.2. The molecule has 0 unspecified atom stereocenters. The van der Waals surface area contributed by atoms with E-state index >= 15 is 0 Å². The Hall–Kier alpha value is -1.11. The molecule has 0 aliphatic carbocycles. The van der Waals surface area contributed by atoms with E-state index in [0.717, 1.165) is 11.3 Å². The van der Waals surface area contributed by atoms with Gasteiger partial charge in [-0.2, -0.15) is 0 Å². The lowest BCUT2D eigenvalue weighted by Gasteiger charge is -1.98. The summed E-state index contributed by atoms with van der Waals surface area (Å²) in [4.78, 5) is 3.82. The molecule has 54 valence electrons. The van der Waals surface area contributed by atoms with Crippen LogP contribution in [-0.2, 0) is 0 Å². The molecule has 0 aliphatic heterocycles. The summed E-state index contributed by atoms with van der Waals surface area (Å²) in [6.45, 7) is 11.0. The third-order valence-electron chi connectivity index (χ3n) is 1.27. The molecular formula is C9H13N. The number of nitrogens with zero attached hydrogens (tertiary/aromatic N) is 1. The average Bonchev–Trinajstić information content (AvgIpc) is 2.00. The third-order valence-corrected chi connectivity index (χ3v) is 1.27. The van der Waals surface area contributed by atoms with E-state index in [-0.39, 0.29) is 0 Å². The molecule has 0 aliphatic rings. The van der Waals surface area contributed by atoms with E-state index < -0.39 is 0 Å². The number of hydrogen-bond donors (Lipinski definition) is 0. The highest BCUT2D eigenvalue weighted by Gasteiger charge is 1.92. The van der Waals surface area contributed by atoms with Crippen molar-refractivity contribution in [2.24, 2.45) is 4.99 Å². The molecule has 0 aromatic rings. The zero-order chi connectivity index (χ0) is 7.98. The van der Waals surface area contributed by atoms with E-state index in [4.69, 9.17) is 0 Å². The molecule has 0 heterocycles. The van der Waals surface area contributed by atoms with Gasteiger partial charge in [-0.05, 0) is 26.1 Å². The van der Waals surface area contributed by atoms with Crippen molar-refractivity contribution in [2.75, 3.05) is 0 Å². The number of hydrogen-bond acceptors (Lipinski definition) is 1. The molecular weight excluding hydrogens is 122 g/mol. The Kier molecular flexibility index (Phi) is 4.21. The van der Waals surface area contributed by atoms with Crippen LogP contribution in [0, 0.1) is 0 Å². The van der Waals surface area contributed by atoms with Gasteiger partial charge in [-0.15, -0.1) is 0 Å². The SMILES string of the molecule is C=CC(=C\C)/C(=C\C)N=C. The summed E-state index contributed by atoms with van der Waals surface area (Å²) in [5, 5.41) is 0. The van der Waals surface area contributed by atoms with E-state index in [0.29, 0.717) is 0 Å². The third kappa shape index (κ3) is 2.02. The van der Waals surface area contributed by atoms with E-state index in [2.05, 4.69) is 18.3 Å². The molecule has 0 fully saturated rings. The summed E-state index contributed by atoms with van der Waals surface area (Å²) in [6, 6.07) is 0. The predicted molar refractivity (Wildman–Crippen MR) is 47.3 cm³/mol. The average molecular weight is 135 g/mol. The summed E-state index contributed by atoms with van der Waals surface area (Å²) < 4.78 is 0. The van der Waals surface area contributed by atoms with Crippen molar-refractivity contribution < 1.29 is 0 Å². The van der Waals surface area contributed by atoms with Crippen molar-refractivity contribution >= 4 is 6.72 Å². The number of allylic oxidation sites excluding steroid dienone is 3. The van der Waals surface area contributed by atoms with Gasteiger partial charge >= 0.3 is 0 Å². The second kappa shape index (κ2) is 4.74. The van der Waals surface area contributed by atoms with Crippen LogP contribution in [0.4, 0.5) is 0 Å². The molecule has 0 aromatic heterocycles. The Morgan fingerprint density at radius 1 is 1.30 bits per heavy atom. The first-order valence-electron chi connectivity index (χ1n) is 3.22. The van der Waals surface area contributed by atoms with Gasteiger partial charge in [0.05, 0.1) is 5.70 Å². The van der Waals surface area contributed by atoms with Gasteiger partial charge in [0, 0.05) is 0 Å². The monoisotopic (exact) mass is 135 g/mol. The Balaban J connectivity index is 4.58. The van der Waals surface area contributed by atoms with Gasteiger partial charge in [0.25, 0.3) is 0 Å². The molecule has 10 heavy (non-hydrogen) atoms. The molecule has 1 nitrogen and oxygen atoms in total. The first-order chi connectivity index (χ1) is 4.79. The molecule has 0 N–H and O–H groups in total. The first kappa shape index (κ1) is 8.89. The minimum atomic E-state index is 0.887. The molecule has 1 heteroatoms. The molecule has 0 amide bonds. The van der Waals surface area contributed by atoms with Crippen molar-refractivity contribution in [3.63, 3.8) is 0 Å². The molecule has 0 rings (SSSR count). The van der Waals surface area contributed by atoms with Gasteiger partial charge in [-0.1, -0.05) is 24.8 Å². The van der Waals surface area contributed by atoms with Crippen LogP contribution in [0.15, 0.2) is 41.1 Å². The van der Waals surface area contributed by atoms with Crippen LogP contribution < -0.4 is 0 Å². The van der Waals surface area contributed by atoms with Crippen LogP contribution in [0.5, 0.6) is 0 Å². The van der Waals surface area contributed by atoms with Crippen LogP contribution in [0.25, 0.3) is 0 Å². The molecule has 0 spiro atoms. The van der Waals surface area contributed by atoms with Crippen LogP contribution in [-0.4, -0.2) is 6.72 Å². The fourth-order valence-corrected chi connectivity index (χ4v) is 0.720. The van der Waals surface area contributed by atoms with Crippen molar-refractivity contribution in [1.29, 1.82) is 0 Å². The maximum atomic E-state index is 3.82. The van der Waals surface area contributed by atoms with Crippen molar-refractivity contribution in [3.8, 4) is 0 Å². The Morgan fingerprint density at radius 2 is 1.90 bits per heavy atom. The topological polar surface area (TPSA) is 12.4 Å². The molecule has 0 bridgehead atoms. The largest absolute Gasteiger partial charge is 0.264 e. The fraction of sp³-hybridized carbons (Fsp3) is 0.222. The van der Waals surface area contributed by atoms with Gasteiger partial charge in [0.15, 0.2) is 0 Å². The van der Waals surface area contributed by atoms with Crippen LogP contribution in [0.2, 0.25) is 0 Å². The van der Waals surface area contributed by atoms with Crippen molar-refractivity contribution in [1.82, 2.24) is 0 Å². The zero-order valence-electron chi connectivity index (χ0n) is 6.59. The molecule has 0 radical (unpaired) electrons. The second-order valence-electron chi connectivity index (χ2n) is 1.78. The minimum absolute atomic E-state index is 0.887. The maximum Gasteiger partial charge on any atom is 0.0648 e. The van der Waals surface area contributed by atoms with Gasteiger partial charge < -0.3 is 0 Å². The van der Waals surface area contributed by atoms with Crippen LogP contribution in [0.1, 0.15) is 13.8 Å². The molecule has 0 aromatic carbocycles. The van der Waals surface area contributed by atoms with Crippen molar-refractivity contribution in [2.45, 2.75) is 13.8 Å². The Bertz CT molecular complexity index is 163. The predicted octanol–water partition coefficient (Wildman–Crippen LogP) is 2.72. The normalized spacial score (nSPS) is 13.0. The summed E-state index contributed by atoms with van der Waals surface area (Å²) in [5.41, 5.74) is 1.91. The smallest absolute Gasteiger partial charge is 0.0648 e. The summed E-state index contributed by atoms with van der Waals surface area (Å²) in [6.07, 6.45) is 5.63. The lowest BCUT2D eigenvalue weighted by molar-refractivity contribution is 1.33. The van der Waals surface area contributed by atoms with E-state index in [1.807, 2.05) is 26.0 Å². The minimum Gasteiger partial charge on any atom is -0.264 e. The lowest BCUT2D eigenvalue weighted by Crippen LogP contribution is -1.79. The summed E-state index contributed by atoms with van der Waals surface area (Å²) in [7, 11) is 0. The van der Waals surface area contributed by atoms with Gasteiger partial charge in [-0.25, -0.2) is 0 Å². The Morgan fingerprint density at radius 3 is 2.00 bits per heavy atom. The summed E-state index contributed by atoms with van der Waals surface area (Å²) >= 11 is 0. The molecule has 0 saturated carbocycles. The van der Waals surface area contributed by atoms with E-state index in [1.54, 1.807) is 6.08 Å². The summed E-state index contributed by atoms with van der Waals surface area (Å²) in [5.74, 6) is 0. The van der Waals surface area contributed by atoms with Gasteiger partial charge in [-0.3, -0.25) is 4.99 Å². The Labute approximate surface area is 62.5 Å². The standard InChI is InChI=1S/C9H13N/c1-5-8(6-2)9(7-3)10-4/h5-7H,1,4H2,2-3H3/b8-6+,9-7+. The quantitative estimate of drug-likeness (QED) is 0.417. The highest BCUT2D eigenvalue weighted by atomic mass is 14.7. The first-order valence-corrected chi connectivity index (χ1v) is 3.22. The highest BCUT2D eigenvalue weighted by molar-refractivity contribution is 5.42. The fourth-order valence-electron chi connectivity index (χ4n) is 0.720. The van der Waals surface area contributed by atoms with E-state index in [1.165, 1.54) is 0 Å². The van der Waals surface area contributed by atoms with Gasteiger partial charge in [0.2, 0.25) is 0 Å². The molecule has 0 atom stereocenters. The zero-order valence-corrected chi connectivity index (χ0v) is 6.59. The van der Waals surface area contributed by atoms with Crippen molar-refractivity contribution in [3.05, 3.63) is 36.1 Å². The second-order valence-corrected chi connectivity index (χ2v) is 1.78. The molecule has 0 saturated heterocycles. The van der Waals surface area contributed by atoms with Crippen LogP contribution >= 0.6 is 0 Å². The maximum absolute atomic E-state index is 3.82. The van der Waals surface area contributed by atoms with Crippen LogP contribution in [0.3, 0.4) is 0 Å². The number of aliphatic imine (C=N–C) groups is 1. The van der Waals surface area contributed by atoms with E-state index in [9.17, 15) is 0 Å². The number of rotatable bonds is 3.